The van der Waals surface area contributed by atoms with Crippen LogP contribution in [0.4, 0.5) is 22.0 Å². The van der Waals surface area contributed by atoms with E-state index < -0.39 is 34.6 Å². The van der Waals surface area contributed by atoms with Gasteiger partial charge in [0, 0.05) is 15.9 Å². The molecule has 0 nitrogen and oxygen atoms in total. The summed E-state index contributed by atoms with van der Waals surface area (Å²) in [4.78, 5) is 0. The topological polar surface area (TPSA) is 0 Å². The predicted molar refractivity (Wildman–Crippen MR) is 69.3 cm³/mol. The lowest BCUT2D eigenvalue weighted by Crippen LogP contribution is -2.04. The predicted octanol–water partition coefficient (Wildman–Crippen LogP) is 5.60. The van der Waals surface area contributed by atoms with Crippen molar-refractivity contribution < 1.29 is 22.0 Å². The van der Waals surface area contributed by atoms with Crippen molar-refractivity contribution in [1.29, 1.82) is 0 Å². The van der Waals surface area contributed by atoms with E-state index in [0.29, 0.717) is 10.9 Å². The van der Waals surface area contributed by atoms with Gasteiger partial charge in [0.25, 0.3) is 0 Å². The molecule has 2 rings (SSSR count). The summed E-state index contributed by atoms with van der Waals surface area (Å²) < 4.78 is 66.8. The van der Waals surface area contributed by atoms with Crippen LogP contribution in [-0.4, -0.2) is 0 Å². The van der Waals surface area contributed by atoms with E-state index in [4.69, 9.17) is 11.6 Å². The Hall–Kier alpha value is -1.14. The second kappa shape index (κ2) is 5.69. The highest BCUT2D eigenvalue weighted by molar-refractivity contribution is 9.08. The van der Waals surface area contributed by atoms with Gasteiger partial charge in [-0.15, -0.1) is 0 Å². The zero-order valence-electron chi connectivity index (χ0n) is 9.58. The zero-order chi connectivity index (χ0) is 15.0. The van der Waals surface area contributed by atoms with Gasteiger partial charge in [-0.05, 0) is 17.7 Å². The summed E-state index contributed by atoms with van der Waals surface area (Å²) in [5.74, 6) is -10.0. The molecule has 0 atom stereocenters. The van der Waals surface area contributed by atoms with Crippen LogP contribution in [0, 0.1) is 29.1 Å². The van der Waals surface area contributed by atoms with Crippen LogP contribution in [0.5, 0.6) is 0 Å². The van der Waals surface area contributed by atoms with Gasteiger partial charge in [-0.2, -0.15) is 0 Å². The van der Waals surface area contributed by atoms with Crippen molar-refractivity contribution in [1.82, 2.24) is 0 Å². The number of alkyl halides is 1. The summed E-state index contributed by atoms with van der Waals surface area (Å²) in [7, 11) is 0. The standard InChI is InChI=1S/C13H5BrClF5/c14-4-5-1-2-7(15)6(3-5)8-9(16)11(18)13(20)12(19)10(8)17/h1-3H,4H2. The molecule has 2 aromatic rings. The Morgan fingerprint density at radius 3 is 1.85 bits per heavy atom. The third kappa shape index (κ3) is 2.42. The van der Waals surface area contributed by atoms with E-state index in [0.717, 1.165) is 0 Å². The molecule has 0 saturated heterocycles. The maximum Gasteiger partial charge on any atom is 0.200 e. The smallest absolute Gasteiger partial charge is 0.200 e. The molecule has 0 saturated carbocycles. The molecule has 7 heteroatoms. The monoisotopic (exact) mass is 370 g/mol. The van der Waals surface area contributed by atoms with Crippen LogP contribution in [0.25, 0.3) is 11.1 Å². The van der Waals surface area contributed by atoms with Crippen molar-refractivity contribution in [2.24, 2.45) is 0 Å². The fourth-order valence-electron chi connectivity index (χ4n) is 1.69. The van der Waals surface area contributed by atoms with E-state index in [1.165, 1.54) is 12.1 Å². The highest BCUT2D eigenvalue weighted by Crippen LogP contribution is 2.36. The molecule has 0 N–H and O–H groups in total. The molecule has 0 aliphatic heterocycles. The first-order valence-corrected chi connectivity index (χ1v) is 6.74. The molecule has 0 radical (unpaired) electrons. The second-order valence-corrected chi connectivity index (χ2v) is 4.86. The van der Waals surface area contributed by atoms with Gasteiger partial charge in [0.1, 0.15) is 0 Å². The van der Waals surface area contributed by atoms with Crippen LogP contribution >= 0.6 is 27.5 Å². The molecule has 0 aliphatic rings. The minimum atomic E-state index is -2.20. The Labute approximate surface area is 124 Å². The average molecular weight is 372 g/mol. The number of hydrogen-bond acceptors (Lipinski definition) is 0. The molecule has 106 valence electrons. The minimum Gasteiger partial charge on any atom is -0.203 e. The number of rotatable bonds is 2. The van der Waals surface area contributed by atoms with E-state index in [-0.39, 0.29) is 10.6 Å². The SMILES string of the molecule is Fc1c(F)c(F)c(-c2cc(CBr)ccc2Cl)c(F)c1F. The Bertz CT molecular complexity index is 658. The van der Waals surface area contributed by atoms with Crippen molar-refractivity contribution in [3.05, 3.63) is 57.9 Å². The van der Waals surface area contributed by atoms with Gasteiger partial charge in [-0.1, -0.05) is 33.6 Å². The molecule has 0 spiro atoms. The molecule has 0 bridgehead atoms. The molecular weight excluding hydrogens is 366 g/mol. The lowest BCUT2D eigenvalue weighted by atomic mass is 10.0. The number of halogens is 7. The van der Waals surface area contributed by atoms with Crippen molar-refractivity contribution in [3.63, 3.8) is 0 Å². The van der Waals surface area contributed by atoms with Crippen LogP contribution in [0.1, 0.15) is 5.56 Å². The third-order valence-corrected chi connectivity index (χ3v) is 3.64. The molecule has 0 amide bonds. The molecule has 0 aliphatic carbocycles. The van der Waals surface area contributed by atoms with Crippen LogP contribution in [0.15, 0.2) is 18.2 Å². The third-order valence-electron chi connectivity index (χ3n) is 2.66. The normalized spacial score (nSPS) is 10.9. The van der Waals surface area contributed by atoms with Gasteiger partial charge in [0.05, 0.1) is 5.56 Å². The maximum absolute atomic E-state index is 13.7. The van der Waals surface area contributed by atoms with Gasteiger partial charge >= 0.3 is 0 Å². The molecule has 0 unspecified atom stereocenters. The Kier molecular flexibility index (Phi) is 4.34. The summed E-state index contributed by atoms with van der Waals surface area (Å²) in [5, 5.41) is 0.227. The summed E-state index contributed by atoms with van der Waals surface area (Å²) in [6.07, 6.45) is 0. The summed E-state index contributed by atoms with van der Waals surface area (Å²) in [5.41, 5.74) is -0.709. The molecule has 0 heterocycles. The highest BCUT2D eigenvalue weighted by Gasteiger charge is 2.27. The molecule has 20 heavy (non-hydrogen) atoms. The first-order valence-electron chi connectivity index (χ1n) is 5.24. The molecule has 2 aromatic carbocycles. The van der Waals surface area contributed by atoms with Crippen LogP contribution < -0.4 is 0 Å². The molecular formula is C13H5BrClF5. The molecule has 0 fully saturated rings. The largest absolute Gasteiger partial charge is 0.203 e. The zero-order valence-corrected chi connectivity index (χ0v) is 11.9. The fraction of sp³-hybridized carbons (Fsp3) is 0.0769. The Morgan fingerprint density at radius 2 is 1.35 bits per heavy atom. The van der Waals surface area contributed by atoms with Crippen LogP contribution in [0.3, 0.4) is 0 Å². The second-order valence-electron chi connectivity index (χ2n) is 3.89. The van der Waals surface area contributed by atoms with Gasteiger partial charge < -0.3 is 0 Å². The van der Waals surface area contributed by atoms with Gasteiger partial charge in [0.15, 0.2) is 23.3 Å². The number of hydrogen-bond donors (Lipinski definition) is 0. The van der Waals surface area contributed by atoms with E-state index >= 15 is 0 Å². The van der Waals surface area contributed by atoms with E-state index in [1.54, 1.807) is 6.07 Å². The number of benzene rings is 2. The Morgan fingerprint density at radius 1 is 0.850 bits per heavy atom. The van der Waals surface area contributed by atoms with Crippen molar-refractivity contribution in [2.45, 2.75) is 5.33 Å². The minimum absolute atomic E-state index is 0.113. The first-order chi connectivity index (χ1) is 9.38. The van der Waals surface area contributed by atoms with Crippen LogP contribution in [0.2, 0.25) is 5.02 Å². The average Bonchev–Trinajstić information content (AvgIpc) is 2.45. The van der Waals surface area contributed by atoms with Gasteiger partial charge in [-0.25, -0.2) is 22.0 Å². The first kappa shape index (κ1) is 15.3. The quantitative estimate of drug-likeness (QED) is 0.279. The maximum atomic E-state index is 13.7. The van der Waals surface area contributed by atoms with E-state index in [1.807, 2.05) is 0 Å². The summed E-state index contributed by atoms with van der Waals surface area (Å²) in [6.45, 7) is 0. The summed E-state index contributed by atoms with van der Waals surface area (Å²) >= 11 is 8.92. The fourth-order valence-corrected chi connectivity index (χ4v) is 2.25. The van der Waals surface area contributed by atoms with Gasteiger partial charge in [-0.3, -0.25) is 0 Å². The van der Waals surface area contributed by atoms with E-state index in [9.17, 15) is 22.0 Å². The van der Waals surface area contributed by atoms with Crippen molar-refractivity contribution in [3.8, 4) is 11.1 Å². The highest BCUT2D eigenvalue weighted by atomic mass is 79.9. The lowest BCUT2D eigenvalue weighted by Gasteiger charge is -2.11. The van der Waals surface area contributed by atoms with Crippen molar-refractivity contribution in [2.75, 3.05) is 0 Å². The van der Waals surface area contributed by atoms with Crippen LogP contribution in [-0.2, 0) is 5.33 Å². The van der Waals surface area contributed by atoms with Gasteiger partial charge in [0.2, 0.25) is 5.82 Å². The Balaban J connectivity index is 2.83. The van der Waals surface area contributed by atoms with Crippen molar-refractivity contribution >= 4 is 27.5 Å². The van der Waals surface area contributed by atoms with E-state index in [2.05, 4.69) is 15.9 Å². The summed E-state index contributed by atoms with van der Waals surface area (Å²) in [6, 6.07) is 4.15. The lowest BCUT2D eigenvalue weighted by molar-refractivity contribution is 0.381. The molecule has 0 aromatic heterocycles.